The van der Waals surface area contributed by atoms with Gasteiger partial charge in [0.2, 0.25) is 5.91 Å². The third kappa shape index (κ3) is 4.10. The van der Waals surface area contributed by atoms with Gasteiger partial charge in [0.25, 0.3) is 0 Å². The highest BCUT2D eigenvalue weighted by molar-refractivity contribution is 7.10. The van der Waals surface area contributed by atoms with Gasteiger partial charge in [0.05, 0.1) is 6.04 Å². The van der Waals surface area contributed by atoms with Crippen molar-refractivity contribution in [2.75, 3.05) is 20.6 Å². The first-order chi connectivity index (χ1) is 8.60. The van der Waals surface area contributed by atoms with E-state index >= 15 is 0 Å². The van der Waals surface area contributed by atoms with Gasteiger partial charge in [0.1, 0.15) is 0 Å². The molecule has 1 aromatic rings. The van der Waals surface area contributed by atoms with Gasteiger partial charge in [-0.05, 0) is 38.4 Å². The molecule has 0 aromatic carbocycles. The van der Waals surface area contributed by atoms with Crippen molar-refractivity contribution >= 4 is 17.2 Å². The lowest BCUT2D eigenvalue weighted by Crippen LogP contribution is -2.37. The number of hydrogen-bond acceptors (Lipinski definition) is 3. The summed E-state index contributed by atoms with van der Waals surface area (Å²) in [4.78, 5) is 15.4. The van der Waals surface area contributed by atoms with Crippen LogP contribution in [-0.4, -0.2) is 31.4 Å². The lowest BCUT2D eigenvalue weighted by Gasteiger charge is -2.24. The standard InChI is InChI=1S/C14H24N2OS/c1-5-11(6-2)14(17)15-10-12(16(3)4)13-8-7-9-18-13/h7-9,11-12H,5-6,10H2,1-4H3,(H,15,17). The SMILES string of the molecule is CCC(CC)C(=O)NCC(c1cccs1)N(C)C. The molecule has 0 aliphatic heterocycles. The molecule has 1 amide bonds. The summed E-state index contributed by atoms with van der Waals surface area (Å²) in [5.74, 6) is 0.333. The highest BCUT2D eigenvalue weighted by Gasteiger charge is 2.19. The largest absolute Gasteiger partial charge is 0.354 e. The average molecular weight is 268 g/mol. The van der Waals surface area contributed by atoms with Gasteiger partial charge in [-0.2, -0.15) is 0 Å². The quantitative estimate of drug-likeness (QED) is 0.824. The molecule has 1 heterocycles. The topological polar surface area (TPSA) is 32.3 Å². The van der Waals surface area contributed by atoms with Crippen LogP contribution < -0.4 is 5.32 Å². The molecule has 18 heavy (non-hydrogen) atoms. The molecule has 0 aliphatic carbocycles. The van der Waals surface area contributed by atoms with Crippen molar-refractivity contribution in [1.82, 2.24) is 10.2 Å². The molecule has 0 bridgehead atoms. The van der Waals surface area contributed by atoms with Crippen molar-refractivity contribution in [3.63, 3.8) is 0 Å². The third-order valence-electron chi connectivity index (χ3n) is 3.32. The number of rotatable bonds is 7. The van der Waals surface area contributed by atoms with Gasteiger partial charge >= 0.3 is 0 Å². The number of nitrogens with zero attached hydrogens (tertiary/aromatic N) is 1. The molecule has 1 atom stereocenters. The van der Waals surface area contributed by atoms with Crippen molar-refractivity contribution in [3.05, 3.63) is 22.4 Å². The lowest BCUT2D eigenvalue weighted by molar-refractivity contribution is -0.125. The van der Waals surface area contributed by atoms with Gasteiger partial charge in [-0.1, -0.05) is 19.9 Å². The van der Waals surface area contributed by atoms with Crippen LogP contribution in [0.25, 0.3) is 0 Å². The Morgan fingerprint density at radius 2 is 2.06 bits per heavy atom. The minimum atomic E-state index is 0.149. The molecule has 1 aromatic heterocycles. The van der Waals surface area contributed by atoms with Crippen molar-refractivity contribution < 1.29 is 4.79 Å². The van der Waals surface area contributed by atoms with E-state index in [1.807, 2.05) is 14.1 Å². The van der Waals surface area contributed by atoms with Crippen LogP contribution in [0, 0.1) is 5.92 Å². The van der Waals surface area contributed by atoms with Crippen LogP contribution in [-0.2, 0) is 4.79 Å². The molecule has 0 spiro atoms. The second-order valence-electron chi connectivity index (χ2n) is 4.75. The fraction of sp³-hybridized carbons (Fsp3) is 0.643. The predicted molar refractivity (Wildman–Crippen MR) is 77.8 cm³/mol. The summed E-state index contributed by atoms with van der Waals surface area (Å²) in [6.45, 7) is 4.82. The number of carbonyl (C=O) groups excluding carboxylic acids is 1. The third-order valence-corrected chi connectivity index (χ3v) is 4.29. The Morgan fingerprint density at radius 1 is 1.39 bits per heavy atom. The highest BCUT2D eigenvalue weighted by Crippen LogP contribution is 2.22. The first kappa shape index (κ1) is 15.2. The molecule has 1 N–H and O–H groups in total. The molecule has 1 unspecified atom stereocenters. The maximum atomic E-state index is 12.0. The van der Waals surface area contributed by atoms with Crippen molar-refractivity contribution in [3.8, 4) is 0 Å². The predicted octanol–water partition coefficient (Wildman–Crippen LogP) is 2.90. The van der Waals surface area contributed by atoms with Crippen molar-refractivity contribution in [2.45, 2.75) is 32.7 Å². The van der Waals surface area contributed by atoms with E-state index in [9.17, 15) is 4.79 Å². The summed E-state index contributed by atoms with van der Waals surface area (Å²) < 4.78 is 0. The fourth-order valence-corrected chi connectivity index (χ4v) is 2.94. The summed E-state index contributed by atoms with van der Waals surface area (Å²) in [7, 11) is 4.10. The van der Waals surface area contributed by atoms with E-state index in [-0.39, 0.29) is 17.9 Å². The van der Waals surface area contributed by atoms with Crippen LogP contribution in [0.5, 0.6) is 0 Å². The molecule has 4 heteroatoms. The minimum Gasteiger partial charge on any atom is -0.354 e. The van der Waals surface area contributed by atoms with Gasteiger partial charge in [-0.3, -0.25) is 4.79 Å². The Morgan fingerprint density at radius 3 is 2.50 bits per heavy atom. The van der Waals surface area contributed by atoms with Crippen LogP contribution in [0.3, 0.4) is 0 Å². The monoisotopic (exact) mass is 268 g/mol. The van der Waals surface area contributed by atoms with Crippen LogP contribution in [0.2, 0.25) is 0 Å². The van der Waals surface area contributed by atoms with Crippen molar-refractivity contribution in [1.29, 1.82) is 0 Å². The summed E-state index contributed by atoms with van der Waals surface area (Å²) in [6.07, 6.45) is 1.82. The zero-order valence-corrected chi connectivity index (χ0v) is 12.6. The molecule has 0 radical (unpaired) electrons. The summed E-state index contributed by atoms with van der Waals surface area (Å²) in [5.41, 5.74) is 0. The Labute approximate surface area is 114 Å². The Balaban J connectivity index is 2.56. The number of carbonyl (C=O) groups is 1. The van der Waals surface area contributed by atoms with Gasteiger partial charge in [0.15, 0.2) is 0 Å². The highest BCUT2D eigenvalue weighted by atomic mass is 32.1. The second kappa shape index (κ2) is 7.54. The molecule has 1 rings (SSSR count). The van der Waals surface area contributed by atoms with E-state index in [1.165, 1.54) is 4.88 Å². The Kier molecular flexibility index (Phi) is 6.36. The maximum absolute atomic E-state index is 12.0. The zero-order chi connectivity index (χ0) is 13.5. The van der Waals surface area contributed by atoms with E-state index in [1.54, 1.807) is 11.3 Å². The number of nitrogens with one attached hydrogen (secondary N) is 1. The lowest BCUT2D eigenvalue weighted by atomic mass is 10.0. The molecular weight excluding hydrogens is 244 g/mol. The van der Waals surface area contributed by atoms with E-state index in [0.717, 1.165) is 12.8 Å². The van der Waals surface area contributed by atoms with E-state index in [2.05, 4.69) is 41.6 Å². The van der Waals surface area contributed by atoms with E-state index in [4.69, 9.17) is 0 Å². The number of likely N-dealkylation sites (N-methyl/N-ethyl adjacent to an activating group) is 1. The molecule has 0 saturated carbocycles. The molecule has 102 valence electrons. The zero-order valence-electron chi connectivity index (χ0n) is 11.8. The summed E-state index contributed by atoms with van der Waals surface area (Å²) in [6, 6.07) is 4.45. The molecular formula is C14H24N2OS. The number of hydrogen-bond donors (Lipinski definition) is 1. The molecule has 3 nitrogen and oxygen atoms in total. The van der Waals surface area contributed by atoms with Crippen LogP contribution in [0.15, 0.2) is 17.5 Å². The smallest absolute Gasteiger partial charge is 0.223 e. The van der Waals surface area contributed by atoms with Gasteiger partial charge in [0, 0.05) is 17.3 Å². The second-order valence-corrected chi connectivity index (χ2v) is 5.73. The van der Waals surface area contributed by atoms with E-state index in [0.29, 0.717) is 6.54 Å². The number of thiophene rings is 1. The van der Waals surface area contributed by atoms with Crippen LogP contribution >= 0.6 is 11.3 Å². The van der Waals surface area contributed by atoms with E-state index < -0.39 is 0 Å². The normalized spacial score (nSPS) is 13.0. The average Bonchev–Trinajstić information content (AvgIpc) is 2.84. The minimum absolute atomic E-state index is 0.149. The fourth-order valence-electron chi connectivity index (χ4n) is 2.02. The Bertz CT molecular complexity index is 345. The maximum Gasteiger partial charge on any atom is 0.223 e. The summed E-state index contributed by atoms with van der Waals surface area (Å²) in [5, 5.41) is 5.16. The number of amides is 1. The van der Waals surface area contributed by atoms with Gasteiger partial charge < -0.3 is 10.2 Å². The van der Waals surface area contributed by atoms with Gasteiger partial charge in [-0.25, -0.2) is 0 Å². The first-order valence-electron chi connectivity index (χ1n) is 6.57. The van der Waals surface area contributed by atoms with Crippen LogP contribution in [0.4, 0.5) is 0 Å². The van der Waals surface area contributed by atoms with Crippen molar-refractivity contribution in [2.24, 2.45) is 5.92 Å². The van der Waals surface area contributed by atoms with Gasteiger partial charge in [-0.15, -0.1) is 11.3 Å². The molecule has 0 fully saturated rings. The Hall–Kier alpha value is -0.870. The van der Waals surface area contributed by atoms with Crippen LogP contribution in [0.1, 0.15) is 37.6 Å². The first-order valence-corrected chi connectivity index (χ1v) is 7.45. The molecule has 0 aliphatic rings. The molecule has 0 saturated heterocycles. The summed E-state index contributed by atoms with van der Waals surface area (Å²) >= 11 is 1.74.